The summed E-state index contributed by atoms with van der Waals surface area (Å²) in [5.41, 5.74) is 1.45. The molecule has 30 heavy (non-hydrogen) atoms. The van der Waals surface area contributed by atoms with E-state index in [1.54, 1.807) is 42.5 Å². The lowest BCUT2D eigenvalue weighted by Crippen LogP contribution is -2.02. The van der Waals surface area contributed by atoms with Crippen molar-refractivity contribution in [3.05, 3.63) is 72.3 Å². The zero-order valence-electron chi connectivity index (χ0n) is 15.9. The number of ether oxygens (including phenoxy) is 1. The Morgan fingerprint density at radius 2 is 1.63 bits per heavy atom. The molecule has 4 aromatic rings. The van der Waals surface area contributed by atoms with Crippen LogP contribution in [0.1, 0.15) is 10.4 Å². The third-order valence-electron chi connectivity index (χ3n) is 4.56. The van der Waals surface area contributed by atoms with Gasteiger partial charge in [0.15, 0.2) is 11.6 Å². The van der Waals surface area contributed by atoms with Crippen molar-refractivity contribution < 1.29 is 24.9 Å². The molecular weight excluding hydrogens is 386 g/mol. The Morgan fingerprint density at radius 3 is 2.30 bits per heavy atom. The van der Waals surface area contributed by atoms with Crippen LogP contribution in [0.5, 0.6) is 17.2 Å². The third-order valence-corrected chi connectivity index (χ3v) is 4.56. The van der Waals surface area contributed by atoms with Gasteiger partial charge in [-0.25, -0.2) is 14.5 Å². The van der Waals surface area contributed by atoms with Gasteiger partial charge in [-0.2, -0.15) is 0 Å². The number of phenolic OH excluding ortho intramolecular Hbond substituents is 2. The van der Waals surface area contributed by atoms with Gasteiger partial charge in [0, 0.05) is 0 Å². The highest BCUT2D eigenvalue weighted by atomic mass is 16.5. The summed E-state index contributed by atoms with van der Waals surface area (Å²) in [5.74, 6) is -0.00327. The van der Waals surface area contributed by atoms with E-state index in [4.69, 9.17) is 9.84 Å². The molecule has 8 nitrogen and oxygen atoms in total. The van der Waals surface area contributed by atoms with Crippen LogP contribution < -0.4 is 4.74 Å². The predicted octanol–water partition coefficient (Wildman–Crippen LogP) is 3.72. The second-order valence-electron chi connectivity index (χ2n) is 6.42. The van der Waals surface area contributed by atoms with Gasteiger partial charge in [0.05, 0.1) is 29.5 Å². The summed E-state index contributed by atoms with van der Waals surface area (Å²) in [7, 11) is 1.51. The molecule has 0 aliphatic heterocycles. The number of aromatic hydroxyl groups is 2. The first-order chi connectivity index (χ1) is 14.5. The monoisotopic (exact) mass is 403 g/mol. The van der Waals surface area contributed by atoms with Gasteiger partial charge in [0.1, 0.15) is 17.2 Å². The summed E-state index contributed by atoms with van der Waals surface area (Å²) in [6.07, 6.45) is 0. The maximum Gasteiger partial charge on any atom is 0.335 e. The van der Waals surface area contributed by atoms with Gasteiger partial charge in [-0.15, -0.1) is 5.10 Å². The van der Waals surface area contributed by atoms with E-state index < -0.39 is 5.97 Å². The third kappa shape index (κ3) is 3.42. The highest BCUT2D eigenvalue weighted by molar-refractivity contribution is 5.87. The standard InChI is InChI=1S/C22H17N3O5/c1-30-15-10-11-19(27)17(12-15)21-23-20(16-4-2-3-5-18(16)26)24-25(21)14-8-6-13(7-9-14)22(28)29/h2-12,26-27H,1H3,(H,28,29). The van der Waals surface area contributed by atoms with Crippen molar-refractivity contribution in [1.29, 1.82) is 0 Å². The van der Waals surface area contributed by atoms with Gasteiger partial charge in [-0.1, -0.05) is 12.1 Å². The summed E-state index contributed by atoms with van der Waals surface area (Å²) >= 11 is 0. The van der Waals surface area contributed by atoms with Crippen molar-refractivity contribution in [2.45, 2.75) is 0 Å². The van der Waals surface area contributed by atoms with Gasteiger partial charge < -0.3 is 20.1 Å². The minimum atomic E-state index is -1.04. The van der Waals surface area contributed by atoms with Crippen LogP contribution in [-0.2, 0) is 0 Å². The number of phenols is 2. The summed E-state index contributed by atoms with van der Waals surface area (Å²) in [6, 6.07) is 17.5. The molecule has 0 amide bonds. The molecule has 0 spiro atoms. The minimum absolute atomic E-state index is 0.0114. The van der Waals surface area contributed by atoms with E-state index >= 15 is 0 Å². The fraction of sp³-hybridized carbons (Fsp3) is 0.0455. The molecule has 0 saturated carbocycles. The molecule has 8 heteroatoms. The second-order valence-corrected chi connectivity index (χ2v) is 6.42. The Labute approximate surface area is 171 Å². The highest BCUT2D eigenvalue weighted by Crippen LogP contribution is 2.35. The number of carbonyl (C=O) groups is 1. The predicted molar refractivity (Wildman–Crippen MR) is 109 cm³/mol. The molecule has 0 saturated heterocycles. The molecule has 1 heterocycles. The number of carboxylic acid groups (broad SMARTS) is 1. The van der Waals surface area contributed by atoms with Crippen LogP contribution >= 0.6 is 0 Å². The van der Waals surface area contributed by atoms with Crippen molar-refractivity contribution in [3.8, 4) is 45.7 Å². The topological polar surface area (TPSA) is 118 Å². The van der Waals surface area contributed by atoms with Crippen molar-refractivity contribution >= 4 is 5.97 Å². The van der Waals surface area contributed by atoms with E-state index in [0.29, 0.717) is 28.4 Å². The number of nitrogens with zero attached hydrogens (tertiary/aromatic N) is 3. The summed E-state index contributed by atoms with van der Waals surface area (Å²) < 4.78 is 6.73. The normalized spacial score (nSPS) is 10.7. The first-order valence-corrected chi connectivity index (χ1v) is 8.94. The molecule has 0 atom stereocenters. The first kappa shape index (κ1) is 19.0. The quantitative estimate of drug-likeness (QED) is 0.465. The number of hydrogen-bond acceptors (Lipinski definition) is 6. The molecule has 0 unspecified atom stereocenters. The second kappa shape index (κ2) is 7.59. The number of rotatable bonds is 5. The highest BCUT2D eigenvalue weighted by Gasteiger charge is 2.20. The number of carboxylic acids is 1. The Balaban J connectivity index is 1.94. The van der Waals surface area contributed by atoms with Crippen LogP contribution in [0.4, 0.5) is 0 Å². The summed E-state index contributed by atoms with van der Waals surface area (Å²) in [4.78, 5) is 15.7. The van der Waals surface area contributed by atoms with Gasteiger partial charge in [-0.3, -0.25) is 0 Å². The smallest absolute Gasteiger partial charge is 0.335 e. The maximum absolute atomic E-state index is 11.2. The fourth-order valence-electron chi connectivity index (χ4n) is 3.01. The van der Waals surface area contributed by atoms with E-state index in [0.717, 1.165) is 0 Å². The van der Waals surface area contributed by atoms with E-state index in [9.17, 15) is 15.0 Å². The molecule has 0 fully saturated rings. The molecule has 0 radical (unpaired) electrons. The number of hydrogen-bond donors (Lipinski definition) is 3. The van der Waals surface area contributed by atoms with Gasteiger partial charge >= 0.3 is 5.97 Å². The lowest BCUT2D eigenvalue weighted by Gasteiger charge is -2.09. The Bertz CT molecular complexity index is 1230. The molecule has 0 aliphatic rings. The molecule has 150 valence electrons. The van der Waals surface area contributed by atoms with E-state index in [1.165, 1.54) is 36.1 Å². The van der Waals surface area contributed by atoms with Crippen LogP contribution in [0.15, 0.2) is 66.7 Å². The largest absolute Gasteiger partial charge is 0.507 e. The molecule has 1 aromatic heterocycles. The van der Waals surface area contributed by atoms with Gasteiger partial charge in [0.2, 0.25) is 0 Å². The SMILES string of the molecule is COc1ccc(O)c(-c2nc(-c3ccccc3O)nn2-c2ccc(C(=O)O)cc2)c1. The number of aromatic carboxylic acids is 1. The van der Waals surface area contributed by atoms with Crippen LogP contribution in [0.25, 0.3) is 28.5 Å². The molecule has 0 bridgehead atoms. The van der Waals surface area contributed by atoms with Crippen LogP contribution in [0, 0.1) is 0 Å². The maximum atomic E-state index is 11.2. The fourth-order valence-corrected chi connectivity index (χ4v) is 3.01. The van der Waals surface area contributed by atoms with Crippen LogP contribution in [-0.4, -0.2) is 43.2 Å². The first-order valence-electron chi connectivity index (χ1n) is 8.94. The summed E-state index contributed by atoms with van der Waals surface area (Å²) in [6.45, 7) is 0. The molecule has 0 aliphatic carbocycles. The minimum Gasteiger partial charge on any atom is -0.507 e. The average Bonchev–Trinajstić information content (AvgIpc) is 3.19. The average molecular weight is 403 g/mol. The van der Waals surface area contributed by atoms with Crippen molar-refractivity contribution in [2.24, 2.45) is 0 Å². The van der Waals surface area contributed by atoms with E-state index in [1.807, 2.05) is 0 Å². The van der Waals surface area contributed by atoms with Gasteiger partial charge in [-0.05, 0) is 54.6 Å². The zero-order valence-corrected chi connectivity index (χ0v) is 15.9. The van der Waals surface area contributed by atoms with Crippen LogP contribution in [0.3, 0.4) is 0 Å². The van der Waals surface area contributed by atoms with Crippen molar-refractivity contribution in [1.82, 2.24) is 14.8 Å². The molecule has 3 N–H and O–H groups in total. The number of aromatic nitrogens is 3. The summed E-state index contributed by atoms with van der Waals surface area (Å²) in [5, 5.41) is 34.3. The molecule has 4 rings (SSSR count). The molecule has 3 aromatic carbocycles. The Kier molecular flexibility index (Phi) is 4.81. The zero-order chi connectivity index (χ0) is 21.3. The number of para-hydroxylation sites is 1. The lowest BCUT2D eigenvalue weighted by atomic mass is 10.1. The van der Waals surface area contributed by atoms with Gasteiger partial charge in [0.25, 0.3) is 0 Å². The van der Waals surface area contributed by atoms with Crippen LogP contribution in [0.2, 0.25) is 0 Å². The lowest BCUT2D eigenvalue weighted by molar-refractivity contribution is 0.0697. The van der Waals surface area contributed by atoms with Crippen molar-refractivity contribution in [3.63, 3.8) is 0 Å². The van der Waals surface area contributed by atoms with E-state index in [2.05, 4.69) is 10.1 Å². The number of methoxy groups -OCH3 is 1. The Hall–Kier alpha value is -4.33. The Morgan fingerprint density at radius 1 is 0.933 bits per heavy atom. The van der Waals surface area contributed by atoms with E-state index in [-0.39, 0.29) is 22.9 Å². The number of benzene rings is 3. The molecular formula is C22H17N3O5. The van der Waals surface area contributed by atoms with Crippen molar-refractivity contribution in [2.75, 3.05) is 7.11 Å².